The van der Waals surface area contributed by atoms with Gasteiger partial charge in [-0.05, 0) is 49.9 Å². The molecule has 180 valence electrons. The number of non-ortho nitro benzene ring substituents is 2. The van der Waals surface area contributed by atoms with Crippen LogP contribution < -0.4 is 9.80 Å². The van der Waals surface area contributed by atoms with E-state index in [1.165, 1.54) is 41.3 Å². The minimum atomic E-state index is -1.40. The summed E-state index contributed by atoms with van der Waals surface area (Å²) in [5, 5.41) is 21.0. The monoisotopic (exact) mass is 508 g/mol. The Balaban J connectivity index is 0.000000192. The summed E-state index contributed by atoms with van der Waals surface area (Å²) in [6.45, 7) is 1.22. The average molecular weight is 509 g/mol. The lowest BCUT2D eigenvalue weighted by atomic mass is 10.1. The second kappa shape index (κ2) is 10.8. The van der Waals surface area contributed by atoms with E-state index >= 15 is 0 Å². The van der Waals surface area contributed by atoms with Crippen LogP contribution in [0.1, 0.15) is 32.1 Å². The van der Waals surface area contributed by atoms with E-state index in [2.05, 4.69) is 0 Å². The third-order valence-electron chi connectivity index (χ3n) is 5.50. The van der Waals surface area contributed by atoms with E-state index in [-0.39, 0.29) is 23.2 Å². The van der Waals surface area contributed by atoms with Gasteiger partial charge in [-0.25, -0.2) is 0 Å². The maximum absolute atomic E-state index is 12.0. The topological polar surface area (TPSA) is 127 Å². The van der Waals surface area contributed by atoms with Crippen molar-refractivity contribution >= 4 is 57.8 Å². The molecule has 2 heterocycles. The third kappa shape index (κ3) is 6.00. The van der Waals surface area contributed by atoms with Crippen molar-refractivity contribution in [2.75, 3.05) is 22.9 Å². The first-order chi connectivity index (χ1) is 16.1. The molecule has 2 aliphatic heterocycles. The molecule has 0 N–H and O–H groups in total. The zero-order valence-corrected chi connectivity index (χ0v) is 19.6. The highest BCUT2D eigenvalue weighted by Crippen LogP contribution is 2.35. The maximum Gasteiger partial charge on any atom is 0.269 e. The van der Waals surface area contributed by atoms with Gasteiger partial charge >= 0.3 is 0 Å². The second-order valence-corrected chi connectivity index (χ2v) is 9.30. The van der Waals surface area contributed by atoms with E-state index in [4.69, 9.17) is 23.2 Å². The molecule has 2 aromatic carbocycles. The highest BCUT2D eigenvalue weighted by Gasteiger charge is 2.41. The number of rotatable bonds is 4. The van der Waals surface area contributed by atoms with Gasteiger partial charge in [0, 0.05) is 55.2 Å². The molecule has 2 aromatic rings. The first kappa shape index (κ1) is 25.4. The minimum absolute atomic E-state index is 0.0220. The van der Waals surface area contributed by atoms with Crippen LogP contribution in [0.2, 0.25) is 0 Å². The van der Waals surface area contributed by atoms with Gasteiger partial charge in [0.25, 0.3) is 17.3 Å². The van der Waals surface area contributed by atoms with Gasteiger partial charge in [0.1, 0.15) is 0 Å². The average Bonchev–Trinajstić information content (AvgIpc) is 2.82. The van der Waals surface area contributed by atoms with Gasteiger partial charge in [0.2, 0.25) is 5.91 Å². The fraction of sp³-hybridized carbons (Fsp3) is 0.364. The lowest BCUT2D eigenvalue weighted by Gasteiger charge is -2.33. The summed E-state index contributed by atoms with van der Waals surface area (Å²) in [4.78, 5) is 46.8. The summed E-state index contributed by atoms with van der Waals surface area (Å²) in [5.74, 6) is -0.286. The number of alkyl halides is 2. The van der Waals surface area contributed by atoms with Crippen molar-refractivity contribution in [1.29, 1.82) is 0 Å². The number of anilines is 2. The molecule has 0 bridgehead atoms. The molecule has 0 spiro atoms. The van der Waals surface area contributed by atoms with Crippen LogP contribution in [0, 0.1) is 20.2 Å². The first-order valence-electron chi connectivity index (χ1n) is 10.6. The molecule has 0 saturated carbocycles. The van der Waals surface area contributed by atoms with Crippen molar-refractivity contribution in [3.8, 4) is 0 Å². The Morgan fingerprint density at radius 1 is 0.735 bits per heavy atom. The van der Waals surface area contributed by atoms with E-state index in [9.17, 15) is 29.8 Å². The number of carbonyl (C=O) groups is 2. The molecule has 34 heavy (non-hydrogen) atoms. The Hall–Kier alpha value is -3.24. The SMILES string of the molecule is O=C1CCCCN1c1ccc([N+](=O)[O-])cc1.O=C1N(c2ccc([N+](=O)[O-])cc2)CCCC1(Cl)Cl. The fourth-order valence-electron chi connectivity index (χ4n) is 3.70. The summed E-state index contributed by atoms with van der Waals surface area (Å²) >= 11 is 11.8. The van der Waals surface area contributed by atoms with Crippen LogP contribution in [0.4, 0.5) is 22.7 Å². The molecule has 0 aromatic heterocycles. The van der Waals surface area contributed by atoms with Crippen LogP contribution in [0.3, 0.4) is 0 Å². The Morgan fingerprint density at radius 3 is 1.68 bits per heavy atom. The molecule has 0 atom stereocenters. The number of carbonyl (C=O) groups excluding carboxylic acids is 2. The molecule has 10 nitrogen and oxygen atoms in total. The number of nitrogens with zero attached hydrogens (tertiary/aromatic N) is 4. The lowest BCUT2D eigenvalue weighted by molar-refractivity contribution is -0.385. The number of hydrogen-bond acceptors (Lipinski definition) is 6. The van der Waals surface area contributed by atoms with E-state index in [1.54, 1.807) is 17.0 Å². The quantitative estimate of drug-likeness (QED) is 0.324. The summed E-state index contributed by atoms with van der Waals surface area (Å²) in [6, 6.07) is 11.8. The van der Waals surface area contributed by atoms with Crippen molar-refractivity contribution in [1.82, 2.24) is 0 Å². The van der Waals surface area contributed by atoms with Crippen molar-refractivity contribution < 1.29 is 19.4 Å². The normalized spacial score (nSPS) is 17.6. The Bertz CT molecular complexity index is 1080. The number of halogens is 2. The first-order valence-corrected chi connectivity index (χ1v) is 11.3. The van der Waals surface area contributed by atoms with Gasteiger partial charge in [0.15, 0.2) is 4.33 Å². The molecule has 0 aliphatic carbocycles. The predicted molar refractivity (Wildman–Crippen MR) is 128 cm³/mol. The standard InChI is InChI=1S/C11H10Cl2N2O3.C11H12N2O3/c12-11(13)6-1-7-14(10(11)16)8-2-4-9(5-3-8)15(17)18;14-11-3-1-2-8-12(11)9-4-6-10(7-5-9)13(15)16/h2-5H,1,6-7H2;4-7H,1-3,8H2. The summed E-state index contributed by atoms with van der Waals surface area (Å²) in [5.41, 5.74) is 1.34. The summed E-state index contributed by atoms with van der Waals surface area (Å²) in [6.07, 6.45) is 3.59. The van der Waals surface area contributed by atoms with Gasteiger partial charge in [-0.3, -0.25) is 29.8 Å². The number of amides is 2. The highest BCUT2D eigenvalue weighted by molar-refractivity contribution is 6.59. The largest absolute Gasteiger partial charge is 0.312 e. The molecular weight excluding hydrogens is 487 g/mol. The van der Waals surface area contributed by atoms with Gasteiger partial charge in [-0.1, -0.05) is 23.2 Å². The van der Waals surface area contributed by atoms with Gasteiger partial charge < -0.3 is 9.80 Å². The third-order valence-corrected chi connectivity index (χ3v) is 6.20. The van der Waals surface area contributed by atoms with E-state index < -0.39 is 14.2 Å². The van der Waals surface area contributed by atoms with E-state index in [0.717, 1.165) is 18.5 Å². The number of benzene rings is 2. The maximum atomic E-state index is 12.0. The minimum Gasteiger partial charge on any atom is -0.312 e. The van der Waals surface area contributed by atoms with Crippen LogP contribution in [0.25, 0.3) is 0 Å². The second-order valence-electron chi connectivity index (χ2n) is 7.81. The molecular formula is C22H22Cl2N4O6. The van der Waals surface area contributed by atoms with Crippen molar-refractivity contribution in [3.05, 3.63) is 68.8 Å². The Labute approximate surface area is 205 Å². The number of hydrogen-bond donors (Lipinski definition) is 0. The molecule has 2 aliphatic rings. The molecule has 2 saturated heterocycles. The molecule has 2 amide bonds. The Kier molecular flexibility index (Phi) is 8.06. The zero-order chi connectivity index (χ0) is 24.9. The molecule has 0 radical (unpaired) electrons. The number of nitro groups is 2. The lowest BCUT2D eigenvalue weighted by Crippen LogP contribution is -2.47. The Morgan fingerprint density at radius 2 is 1.21 bits per heavy atom. The van der Waals surface area contributed by atoms with Gasteiger partial charge in [-0.15, -0.1) is 0 Å². The summed E-state index contributed by atoms with van der Waals surface area (Å²) in [7, 11) is 0. The van der Waals surface area contributed by atoms with E-state index in [1.807, 2.05) is 0 Å². The molecule has 0 unspecified atom stereocenters. The number of piperidine rings is 2. The van der Waals surface area contributed by atoms with Gasteiger partial charge in [0.05, 0.1) is 9.85 Å². The van der Waals surface area contributed by atoms with Crippen LogP contribution in [0.5, 0.6) is 0 Å². The smallest absolute Gasteiger partial charge is 0.269 e. The van der Waals surface area contributed by atoms with Crippen molar-refractivity contribution in [2.45, 2.75) is 36.4 Å². The van der Waals surface area contributed by atoms with Gasteiger partial charge in [-0.2, -0.15) is 0 Å². The van der Waals surface area contributed by atoms with Crippen LogP contribution >= 0.6 is 23.2 Å². The number of nitro benzene ring substituents is 2. The van der Waals surface area contributed by atoms with Crippen LogP contribution in [-0.4, -0.2) is 39.1 Å². The van der Waals surface area contributed by atoms with Crippen molar-refractivity contribution in [2.24, 2.45) is 0 Å². The van der Waals surface area contributed by atoms with Crippen molar-refractivity contribution in [3.63, 3.8) is 0 Å². The van der Waals surface area contributed by atoms with Crippen LogP contribution in [-0.2, 0) is 9.59 Å². The van der Waals surface area contributed by atoms with Crippen LogP contribution in [0.15, 0.2) is 48.5 Å². The fourth-order valence-corrected chi connectivity index (χ4v) is 4.17. The molecule has 12 heteroatoms. The summed E-state index contributed by atoms with van der Waals surface area (Å²) < 4.78 is -1.40. The van der Waals surface area contributed by atoms with E-state index in [0.29, 0.717) is 38.0 Å². The molecule has 2 fully saturated rings. The zero-order valence-electron chi connectivity index (χ0n) is 18.1. The molecule has 4 rings (SSSR count). The predicted octanol–water partition coefficient (Wildman–Crippen LogP) is 5.01. The highest BCUT2D eigenvalue weighted by atomic mass is 35.5.